The normalized spacial score (nSPS) is 11.4. The molecule has 4 rings (SSSR count). The lowest BCUT2D eigenvalue weighted by atomic mass is 10.3. The van der Waals surface area contributed by atoms with Gasteiger partial charge in [0.15, 0.2) is 5.76 Å². The molecule has 0 unspecified atom stereocenters. The van der Waals surface area contributed by atoms with Crippen LogP contribution in [0.25, 0.3) is 11.5 Å². The van der Waals surface area contributed by atoms with E-state index in [4.69, 9.17) is 13.7 Å². The second-order valence-corrected chi connectivity index (χ2v) is 8.29. The molecule has 0 amide bonds. The van der Waals surface area contributed by atoms with Gasteiger partial charge in [0.05, 0.1) is 16.8 Å². The third-order valence-corrected chi connectivity index (χ3v) is 6.37. The van der Waals surface area contributed by atoms with Crippen LogP contribution in [0.4, 0.5) is 5.69 Å². The van der Waals surface area contributed by atoms with E-state index in [0.717, 1.165) is 0 Å². The Kier molecular flexibility index (Phi) is 5.58. The van der Waals surface area contributed by atoms with Crippen molar-refractivity contribution in [3.63, 3.8) is 0 Å². The topological polar surface area (TPSA) is 85.8 Å². The Bertz CT molecular complexity index is 1180. The number of sulfonamides is 1. The lowest BCUT2D eigenvalue weighted by molar-refractivity contribution is 0.289. The molecule has 30 heavy (non-hydrogen) atoms. The van der Waals surface area contributed by atoms with Crippen LogP contribution in [0.1, 0.15) is 12.6 Å². The molecule has 8 heteroatoms. The zero-order valence-electron chi connectivity index (χ0n) is 16.3. The Morgan fingerprint density at radius 1 is 0.967 bits per heavy atom. The minimum Gasteiger partial charge on any atom is -0.487 e. The van der Waals surface area contributed by atoms with Gasteiger partial charge in [-0.15, -0.1) is 0 Å². The maximum absolute atomic E-state index is 13.0. The van der Waals surface area contributed by atoms with Gasteiger partial charge in [-0.2, -0.15) is 0 Å². The molecule has 0 spiro atoms. The molecule has 0 aliphatic carbocycles. The summed E-state index contributed by atoms with van der Waals surface area (Å²) in [5.74, 6) is 1.63. The molecular weight excluding hydrogens is 404 g/mol. The first-order valence-corrected chi connectivity index (χ1v) is 10.8. The van der Waals surface area contributed by atoms with Gasteiger partial charge in [-0.1, -0.05) is 23.4 Å². The molecule has 0 fully saturated rings. The first-order valence-electron chi connectivity index (χ1n) is 9.38. The quantitative estimate of drug-likeness (QED) is 0.406. The average Bonchev–Trinajstić information content (AvgIpc) is 3.46. The number of ether oxygens (including phenoxy) is 1. The first kappa shape index (κ1) is 19.8. The van der Waals surface area contributed by atoms with Crippen LogP contribution >= 0.6 is 0 Å². The molecule has 2 aromatic heterocycles. The Balaban J connectivity index is 1.45. The van der Waals surface area contributed by atoms with Crippen LogP contribution in [0.15, 0.2) is 92.9 Å². The second kappa shape index (κ2) is 8.46. The van der Waals surface area contributed by atoms with Crippen LogP contribution in [0.2, 0.25) is 0 Å². The molecule has 0 radical (unpaired) electrons. The maximum Gasteiger partial charge on any atom is 0.264 e. The summed E-state index contributed by atoms with van der Waals surface area (Å²) in [7, 11) is -3.67. The lowest BCUT2D eigenvalue weighted by Crippen LogP contribution is -2.30. The van der Waals surface area contributed by atoms with Gasteiger partial charge in [-0.3, -0.25) is 4.31 Å². The summed E-state index contributed by atoms with van der Waals surface area (Å²) >= 11 is 0. The third-order valence-electron chi connectivity index (χ3n) is 4.45. The molecule has 2 aromatic carbocycles. The number of hydrogen-bond acceptors (Lipinski definition) is 6. The van der Waals surface area contributed by atoms with Crippen LogP contribution < -0.4 is 9.04 Å². The SMILES string of the molecule is CCN(c1ccccc1)S(=O)(=O)c1ccc(OCc2cc(-c3ccco3)on2)cc1. The molecular formula is C22H20N2O5S. The fourth-order valence-electron chi connectivity index (χ4n) is 2.99. The fraction of sp³-hybridized carbons (Fsp3) is 0.136. The van der Waals surface area contributed by atoms with Gasteiger partial charge >= 0.3 is 0 Å². The maximum atomic E-state index is 13.0. The highest BCUT2D eigenvalue weighted by atomic mass is 32.2. The molecule has 0 N–H and O–H groups in total. The van der Waals surface area contributed by atoms with E-state index in [0.29, 0.717) is 35.2 Å². The highest BCUT2D eigenvalue weighted by Crippen LogP contribution is 2.25. The van der Waals surface area contributed by atoms with E-state index in [2.05, 4.69) is 5.16 Å². The molecule has 0 aliphatic rings. The van der Waals surface area contributed by atoms with E-state index in [1.54, 1.807) is 55.7 Å². The van der Waals surface area contributed by atoms with Crippen molar-refractivity contribution >= 4 is 15.7 Å². The number of aromatic nitrogens is 1. The van der Waals surface area contributed by atoms with Crippen molar-refractivity contribution in [2.24, 2.45) is 0 Å². The summed E-state index contributed by atoms with van der Waals surface area (Å²) < 4.78 is 43.6. The number of benzene rings is 2. The van der Waals surface area contributed by atoms with Crippen molar-refractivity contribution < 1.29 is 22.1 Å². The smallest absolute Gasteiger partial charge is 0.264 e. The van der Waals surface area contributed by atoms with E-state index < -0.39 is 10.0 Å². The lowest BCUT2D eigenvalue weighted by Gasteiger charge is -2.23. The summed E-state index contributed by atoms with van der Waals surface area (Å²) in [6, 6.07) is 20.6. The van der Waals surface area contributed by atoms with Crippen LogP contribution in [0.3, 0.4) is 0 Å². The number of nitrogens with zero attached hydrogens (tertiary/aromatic N) is 2. The van der Waals surface area contributed by atoms with Crippen LogP contribution in [-0.2, 0) is 16.6 Å². The predicted molar refractivity (Wildman–Crippen MR) is 112 cm³/mol. The third kappa shape index (κ3) is 4.08. The molecule has 0 bridgehead atoms. The molecule has 0 atom stereocenters. The van der Waals surface area contributed by atoms with Crippen LogP contribution in [0.5, 0.6) is 5.75 Å². The van der Waals surface area contributed by atoms with Crippen LogP contribution in [-0.4, -0.2) is 20.1 Å². The standard InChI is InChI=1S/C22H20N2O5S/c1-2-24(18-7-4-3-5-8-18)30(25,26)20-12-10-19(11-13-20)28-16-17-15-22(29-23-17)21-9-6-14-27-21/h3-15H,2,16H2,1H3. The van der Waals surface area contributed by atoms with Gasteiger partial charge in [0.2, 0.25) is 5.76 Å². The van der Waals surface area contributed by atoms with E-state index in [1.165, 1.54) is 16.4 Å². The minimum atomic E-state index is -3.67. The van der Waals surface area contributed by atoms with Crippen molar-refractivity contribution in [3.8, 4) is 17.3 Å². The second-order valence-electron chi connectivity index (χ2n) is 6.43. The van der Waals surface area contributed by atoms with E-state index in [9.17, 15) is 8.42 Å². The first-order chi connectivity index (χ1) is 14.6. The van der Waals surface area contributed by atoms with Crippen molar-refractivity contribution in [2.45, 2.75) is 18.4 Å². The number of rotatable bonds is 8. The van der Waals surface area contributed by atoms with Crippen molar-refractivity contribution in [1.82, 2.24) is 5.16 Å². The molecule has 0 aliphatic heterocycles. The zero-order chi connectivity index (χ0) is 21.0. The largest absolute Gasteiger partial charge is 0.487 e. The van der Waals surface area contributed by atoms with Gasteiger partial charge in [0.1, 0.15) is 18.1 Å². The number of anilines is 1. The Hall–Kier alpha value is -3.52. The molecule has 7 nitrogen and oxygen atoms in total. The Morgan fingerprint density at radius 3 is 2.40 bits per heavy atom. The molecule has 0 saturated carbocycles. The Labute approximate surface area is 174 Å². The summed E-state index contributed by atoms with van der Waals surface area (Å²) in [6.45, 7) is 2.31. The summed E-state index contributed by atoms with van der Waals surface area (Å²) in [5.41, 5.74) is 1.22. The van der Waals surface area contributed by atoms with Gasteiger partial charge in [-0.05, 0) is 55.5 Å². The van der Waals surface area contributed by atoms with Gasteiger partial charge in [0, 0.05) is 12.6 Å². The predicted octanol–water partition coefficient (Wildman–Crippen LogP) is 4.73. The van der Waals surface area contributed by atoms with E-state index >= 15 is 0 Å². The average molecular weight is 424 g/mol. The number of hydrogen-bond donors (Lipinski definition) is 0. The van der Waals surface area contributed by atoms with Crippen molar-refractivity contribution in [2.75, 3.05) is 10.8 Å². The Morgan fingerprint density at radius 2 is 1.73 bits per heavy atom. The molecule has 4 aromatic rings. The summed E-state index contributed by atoms with van der Waals surface area (Å²) in [4.78, 5) is 0.196. The zero-order valence-corrected chi connectivity index (χ0v) is 17.1. The number of furan rings is 1. The highest BCUT2D eigenvalue weighted by Gasteiger charge is 2.23. The molecule has 0 saturated heterocycles. The minimum absolute atomic E-state index is 0.182. The molecule has 154 valence electrons. The van der Waals surface area contributed by atoms with Crippen LogP contribution in [0, 0.1) is 0 Å². The monoisotopic (exact) mass is 424 g/mol. The van der Waals surface area contributed by atoms with Gasteiger partial charge in [0.25, 0.3) is 10.0 Å². The van der Waals surface area contributed by atoms with Crippen molar-refractivity contribution in [3.05, 3.63) is 84.8 Å². The molecule has 2 heterocycles. The van der Waals surface area contributed by atoms with E-state index in [-0.39, 0.29) is 11.5 Å². The number of para-hydroxylation sites is 1. The fourth-order valence-corrected chi connectivity index (χ4v) is 4.47. The summed E-state index contributed by atoms with van der Waals surface area (Å²) in [6.07, 6.45) is 1.56. The van der Waals surface area contributed by atoms with E-state index in [1.807, 2.05) is 18.2 Å². The van der Waals surface area contributed by atoms with Gasteiger partial charge in [-0.25, -0.2) is 8.42 Å². The van der Waals surface area contributed by atoms with Gasteiger partial charge < -0.3 is 13.7 Å². The van der Waals surface area contributed by atoms with Crippen molar-refractivity contribution in [1.29, 1.82) is 0 Å². The summed E-state index contributed by atoms with van der Waals surface area (Å²) in [5, 5.41) is 3.95. The highest BCUT2D eigenvalue weighted by molar-refractivity contribution is 7.92.